The number of aromatic nitrogens is 2. The van der Waals surface area contributed by atoms with E-state index >= 15 is 0 Å². The van der Waals surface area contributed by atoms with Crippen LogP contribution in [0, 0.1) is 0 Å². The van der Waals surface area contributed by atoms with Gasteiger partial charge in [-0.25, -0.2) is 4.68 Å². The van der Waals surface area contributed by atoms with E-state index in [1.165, 1.54) is 23.5 Å². The molecule has 0 aliphatic rings. The van der Waals surface area contributed by atoms with Crippen molar-refractivity contribution in [3.05, 3.63) is 83.0 Å². The van der Waals surface area contributed by atoms with Crippen molar-refractivity contribution in [3.8, 4) is 26.7 Å². The van der Waals surface area contributed by atoms with Crippen LogP contribution in [0.3, 0.4) is 0 Å². The first-order chi connectivity index (χ1) is 14.6. The van der Waals surface area contributed by atoms with Crippen molar-refractivity contribution in [1.29, 1.82) is 0 Å². The van der Waals surface area contributed by atoms with Gasteiger partial charge in [-0.2, -0.15) is 18.3 Å². The molecule has 3 nitrogen and oxygen atoms in total. The second kappa shape index (κ2) is 7.82. The van der Waals surface area contributed by atoms with E-state index in [-0.39, 0.29) is 5.56 Å². The van der Waals surface area contributed by atoms with E-state index in [0.717, 1.165) is 6.07 Å². The molecular weight excluding hydrogens is 445 g/mol. The summed E-state index contributed by atoms with van der Waals surface area (Å²) in [6.45, 7) is 3.24. The third-order valence-corrected chi connectivity index (χ3v) is 6.23. The third-order valence-electron chi connectivity index (χ3n) is 4.77. The topological polar surface area (TPSA) is 38.0 Å². The maximum Gasteiger partial charge on any atom is 0.417 e. The van der Waals surface area contributed by atoms with Gasteiger partial charge in [-0.05, 0) is 50.2 Å². The minimum Gasteiger partial charge on any atom is -0.384 e. The van der Waals surface area contributed by atoms with Crippen molar-refractivity contribution in [2.75, 3.05) is 0 Å². The summed E-state index contributed by atoms with van der Waals surface area (Å²) in [5, 5.41) is 15.5. The second-order valence-electron chi connectivity index (χ2n) is 7.54. The van der Waals surface area contributed by atoms with Gasteiger partial charge in [-0.1, -0.05) is 41.9 Å². The van der Waals surface area contributed by atoms with Gasteiger partial charge in [0.15, 0.2) is 0 Å². The Kier molecular flexibility index (Phi) is 5.45. The molecule has 2 heterocycles. The zero-order chi connectivity index (χ0) is 22.4. The Morgan fingerprint density at radius 3 is 2.26 bits per heavy atom. The average molecular weight is 463 g/mol. The van der Waals surface area contributed by atoms with Crippen molar-refractivity contribution in [2.45, 2.75) is 25.6 Å². The van der Waals surface area contributed by atoms with Gasteiger partial charge in [0.05, 0.1) is 32.5 Å². The molecule has 4 aromatic rings. The molecule has 0 amide bonds. The number of alkyl halides is 3. The van der Waals surface area contributed by atoms with Gasteiger partial charge in [-0.15, -0.1) is 11.3 Å². The van der Waals surface area contributed by atoms with Crippen LogP contribution in [0.4, 0.5) is 13.2 Å². The van der Waals surface area contributed by atoms with Crippen molar-refractivity contribution in [2.24, 2.45) is 0 Å². The lowest BCUT2D eigenvalue weighted by Gasteiger charge is -2.13. The molecule has 0 saturated carbocycles. The number of aliphatic hydroxyl groups is 1. The van der Waals surface area contributed by atoms with Crippen LogP contribution in [-0.4, -0.2) is 14.9 Å². The predicted molar refractivity (Wildman–Crippen MR) is 118 cm³/mol. The summed E-state index contributed by atoms with van der Waals surface area (Å²) in [6, 6.07) is 17.8. The fourth-order valence-corrected chi connectivity index (χ4v) is 4.49. The number of hydrogen-bond acceptors (Lipinski definition) is 3. The summed E-state index contributed by atoms with van der Waals surface area (Å²) in [4.78, 5) is 1.19. The standard InChI is InChI=1S/C23H18ClF3N2OS/c1-22(2,30)21-13-18(29(28-21)17-10-6-5-9-16(17)24)20-12-11-19(31-20)14-7-3-4-8-15(14)23(25,26)27/h3-13,30H,1-2H3. The molecule has 0 aliphatic heterocycles. The molecule has 2 aromatic carbocycles. The lowest BCUT2D eigenvalue weighted by molar-refractivity contribution is -0.137. The molecule has 2 aromatic heterocycles. The Bertz CT molecular complexity index is 1240. The molecule has 0 saturated heterocycles. The number of thiophene rings is 1. The van der Waals surface area contributed by atoms with E-state index in [4.69, 9.17) is 11.6 Å². The summed E-state index contributed by atoms with van der Waals surface area (Å²) in [5.74, 6) is 0. The summed E-state index contributed by atoms with van der Waals surface area (Å²) in [6.07, 6.45) is -4.45. The van der Waals surface area contributed by atoms with E-state index in [2.05, 4.69) is 5.10 Å². The normalized spacial score (nSPS) is 12.4. The Morgan fingerprint density at radius 2 is 1.58 bits per heavy atom. The van der Waals surface area contributed by atoms with Crippen LogP contribution in [0.25, 0.3) is 26.7 Å². The lowest BCUT2D eigenvalue weighted by atomic mass is 10.1. The highest BCUT2D eigenvalue weighted by atomic mass is 35.5. The lowest BCUT2D eigenvalue weighted by Crippen LogP contribution is -2.16. The molecule has 160 valence electrons. The second-order valence-corrected chi connectivity index (χ2v) is 9.04. The molecule has 1 N–H and O–H groups in total. The first kappa shape index (κ1) is 21.6. The Hall–Kier alpha value is -2.61. The quantitative estimate of drug-likeness (QED) is 0.349. The molecule has 8 heteroatoms. The highest BCUT2D eigenvalue weighted by Gasteiger charge is 2.33. The largest absolute Gasteiger partial charge is 0.417 e. The van der Waals surface area contributed by atoms with Crippen molar-refractivity contribution in [1.82, 2.24) is 9.78 Å². The van der Waals surface area contributed by atoms with Crippen LogP contribution in [0.1, 0.15) is 25.1 Å². The van der Waals surface area contributed by atoms with Gasteiger partial charge < -0.3 is 5.11 Å². The summed E-state index contributed by atoms with van der Waals surface area (Å²) in [5.41, 5.74) is -0.0955. The molecule has 0 spiro atoms. The molecule has 0 aliphatic carbocycles. The van der Waals surface area contributed by atoms with E-state index < -0.39 is 17.3 Å². The van der Waals surface area contributed by atoms with E-state index in [1.54, 1.807) is 61.0 Å². The smallest absolute Gasteiger partial charge is 0.384 e. The summed E-state index contributed by atoms with van der Waals surface area (Å²) < 4.78 is 42.0. The SMILES string of the molecule is CC(C)(O)c1cc(-c2ccc(-c3ccccc3C(F)(F)F)s2)n(-c2ccccc2Cl)n1. The number of halogens is 4. The van der Waals surface area contributed by atoms with Crippen molar-refractivity contribution < 1.29 is 18.3 Å². The zero-order valence-corrected chi connectivity index (χ0v) is 18.2. The highest BCUT2D eigenvalue weighted by molar-refractivity contribution is 7.18. The minimum absolute atomic E-state index is 0.123. The fourth-order valence-electron chi connectivity index (χ4n) is 3.23. The molecule has 0 fully saturated rings. The Labute approximate surface area is 186 Å². The maximum atomic E-state index is 13.5. The van der Waals surface area contributed by atoms with E-state index in [9.17, 15) is 18.3 Å². The molecule has 0 unspecified atom stereocenters. The highest BCUT2D eigenvalue weighted by Crippen LogP contribution is 2.42. The maximum absolute atomic E-state index is 13.5. The van der Waals surface area contributed by atoms with Gasteiger partial charge in [0.1, 0.15) is 5.60 Å². The van der Waals surface area contributed by atoms with Gasteiger partial charge >= 0.3 is 6.18 Å². The number of rotatable bonds is 4. The zero-order valence-electron chi connectivity index (χ0n) is 16.6. The molecule has 31 heavy (non-hydrogen) atoms. The van der Waals surface area contributed by atoms with E-state index in [1.807, 2.05) is 6.07 Å². The average Bonchev–Trinajstić information content (AvgIpc) is 3.35. The number of para-hydroxylation sites is 1. The van der Waals surface area contributed by atoms with Crippen LogP contribution < -0.4 is 0 Å². The van der Waals surface area contributed by atoms with Gasteiger partial charge in [0.2, 0.25) is 0 Å². The summed E-state index contributed by atoms with van der Waals surface area (Å²) in [7, 11) is 0. The van der Waals surface area contributed by atoms with Crippen LogP contribution in [0.15, 0.2) is 66.7 Å². The van der Waals surface area contributed by atoms with Crippen LogP contribution in [-0.2, 0) is 11.8 Å². The van der Waals surface area contributed by atoms with E-state index in [0.29, 0.717) is 31.9 Å². The predicted octanol–water partition coefficient (Wildman–Crippen LogP) is 7.17. The number of hydrogen-bond donors (Lipinski definition) is 1. The molecule has 0 radical (unpaired) electrons. The molecule has 0 bridgehead atoms. The first-order valence-corrected chi connectivity index (χ1v) is 10.6. The molecular formula is C23H18ClF3N2OS. The Balaban J connectivity index is 1.87. The monoisotopic (exact) mass is 462 g/mol. The van der Waals surface area contributed by atoms with Crippen LogP contribution in [0.2, 0.25) is 5.02 Å². The number of benzene rings is 2. The van der Waals surface area contributed by atoms with Gasteiger partial charge in [-0.3, -0.25) is 0 Å². The first-order valence-electron chi connectivity index (χ1n) is 9.40. The van der Waals surface area contributed by atoms with Crippen molar-refractivity contribution >= 4 is 22.9 Å². The molecule has 4 rings (SSSR count). The Morgan fingerprint density at radius 1 is 0.935 bits per heavy atom. The van der Waals surface area contributed by atoms with Crippen LogP contribution in [0.5, 0.6) is 0 Å². The van der Waals surface area contributed by atoms with Crippen molar-refractivity contribution in [3.63, 3.8) is 0 Å². The molecule has 0 atom stereocenters. The van der Waals surface area contributed by atoms with Crippen LogP contribution >= 0.6 is 22.9 Å². The van der Waals surface area contributed by atoms with Gasteiger partial charge in [0.25, 0.3) is 0 Å². The van der Waals surface area contributed by atoms with Gasteiger partial charge in [0, 0.05) is 10.4 Å². The number of nitrogens with zero attached hydrogens (tertiary/aromatic N) is 2. The third kappa shape index (κ3) is 4.26. The minimum atomic E-state index is -4.45. The fraction of sp³-hybridized carbons (Fsp3) is 0.174. The summed E-state index contributed by atoms with van der Waals surface area (Å²) >= 11 is 7.59.